The first-order chi connectivity index (χ1) is 24.3. The van der Waals surface area contributed by atoms with Gasteiger partial charge in [-0.15, -0.1) is 23.5 Å². The lowest BCUT2D eigenvalue weighted by Crippen LogP contribution is -2.67. The van der Waals surface area contributed by atoms with Crippen molar-refractivity contribution in [2.45, 2.75) is 86.1 Å². The number of nitro benzene ring substituents is 1. The first-order valence-corrected chi connectivity index (χ1v) is 18.2. The molecule has 280 valence electrons. The normalized spacial score (nSPS) is 26.8. The number of nitrogens with zero attached hydrogens (tertiary/aromatic N) is 3. The number of carbonyl (C=O) groups excluding carboxylic acids is 3. The Morgan fingerprint density at radius 2 is 1.88 bits per heavy atom. The summed E-state index contributed by atoms with van der Waals surface area (Å²) < 4.78 is 9.83. The van der Waals surface area contributed by atoms with Crippen molar-refractivity contribution in [3.63, 3.8) is 0 Å². The monoisotopic (exact) mass is 760 g/mol. The summed E-state index contributed by atoms with van der Waals surface area (Å²) in [5, 5.41) is 44.6. The number of aldehydes is 1. The zero-order valence-electron chi connectivity index (χ0n) is 29.0. The number of carbonyl (C=O) groups is 5. The molecule has 1 aromatic carbocycles. The molecule has 1 aromatic heterocycles. The number of thioether (sulfide) groups is 2. The summed E-state index contributed by atoms with van der Waals surface area (Å²) >= 11 is 2.39. The number of carboxylic acids is 2. The highest BCUT2D eigenvalue weighted by Gasteiger charge is 2.67. The van der Waals surface area contributed by atoms with Crippen LogP contribution in [0, 0.1) is 16.0 Å². The van der Waals surface area contributed by atoms with Crippen LogP contribution in [0.15, 0.2) is 57.7 Å². The van der Waals surface area contributed by atoms with E-state index in [1.807, 2.05) is 0 Å². The number of hydrogen-bond acceptors (Lipinski definition) is 13. The highest BCUT2D eigenvalue weighted by atomic mass is 32.2. The van der Waals surface area contributed by atoms with Gasteiger partial charge in [0.15, 0.2) is 11.9 Å². The second kappa shape index (κ2) is 14.6. The molecule has 0 radical (unpaired) electrons. The minimum Gasteiger partial charge on any atom is -0.481 e. The zero-order chi connectivity index (χ0) is 38.3. The molecule has 4 heterocycles. The molecule has 5 rings (SSSR count). The molecule has 4 N–H and O–H groups in total. The van der Waals surface area contributed by atoms with E-state index in [-0.39, 0.29) is 47.3 Å². The van der Waals surface area contributed by atoms with Gasteiger partial charge in [0.1, 0.15) is 23.0 Å². The first-order valence-electron chi connectivity index (χ1n) is 16.3. The van der Waals surface area contributed by atoms with Crippen molar-refractivity contribution in [2.75, 3.05) is 13.1 Å². The molecule has 2 fully saturated rings. The van der Waals surface area contributed by atoms with E-state index in [1.165, 1.54) is 59.0 Å². The van der Waals surface area contributed by atoms with Gasteiger partial charge in [-0.25, -0.2) is 9.59 Å². The van der Waals surface area contributed by atoms with E-state index in [1.54, 1.807) is 39.8 Å². The quantitative estimate of drug-likeness (QED) is 0.0929. The largest absolute Gasteiger partial charge is 0.481 e. The predicted molar refractivity (Wildman–Crippen MR) is 188 cm³/mol. The summed E-state index contributed by atoms with van der Waals surface area (Å²) in [5.41, 5.74) is -2.42. The summed E-state index contributed by atoms with van der Waals surface area (Å²) in [6, 6.07) is 8.12. The van der Waals surface area contributed by atoms with Crippen LogP contribution in [-0.2, 0) is 29.7 Å². The first kappa shape index (κ1) is 38.8. The minimum absolute atomic E-state index is 0.0944. The summed E-state index contributed by atoms with van der Waals surface area (Å²) in [4.78, 5) is 78.5. The van der Waals surface area contributed by atoms with Crippen molar-refractivity contribution in [3.8, 4) is 0 Å². The Morgan fingerprint density at radius 3 is 2.40 bits per heavy atom. The van der Waals surface area contributed by atoms with Crippen molar-refractivity contribution in [2.24, 2.45) is 5.92 Å². The number of furan rings is 1. The Kier molecular flexibility index (Phi) is 10.9. The number of carboxylic acid groups (broad SMARTS) is 2. The molecule has 7 atom stereocenters. The molecular weight excluding hydrogens is 721 g/mol. The van der Waals surface area contributed by atoms with Gasteiger partial charge >= 0.3 is 18.0 Å². The van der Waals surface area contributed by atoms with Gasteiger partial charge in [-0.2, -0.15) is 0 Å². The van der Waals surface area contributed by atoms with Gasteiger partial charge in [0.2, 0.25) is 5.91 Å². The number of fused-ring (bicyclic) bond motifs is 1. The van der Waals surface area contributed by atoms with Crippen LogP contribution in [0.25, 0.3) is 0 Å². The molecule has 2 saturated heterocycles. The standard InChI is InChI=1S/C34H40N4O12S2/c1-18(40)24-26-33(5,51-16-19-8-10-20(11-9-19)38(47)48)27(25(30(44)45)37(26)28(24)41)52-21-13-34(17-39,36(15-21)31(46)50-32(2,3)4)35-14-22(29(42)43)23-7-6-12-49-23/h6-12,17-18,21-22,24,26,35,40H,13-16H2,1-5H3,(H,42,43)(H,44,45)/t18-,21+,22?,24-,26+,33-,34+/m1/s1. The van der Waals surface area contributed by atoms with Crippen LogP contribution in [0.5, 0.6) is 0 Å². The number of nitrogens with one attached hydrogen (secondary N) is 1. The molecular formula is C34H40N4O12S2. The van der Waals surface area contributed by atoms with Crippen LogP contribution in [0.1, 0.15) is 58.3 Å². The number of benzene rings is 1. The number of non-ortho nitro benzene ring substituents is 1. The van der Waals surface area contributed by atoms with Crippen LogP contribution in [0.3, 0.4) is 0 Å². The number of likely N-dealkylation sites (tertiary alicyclic amines) is 1. The van der Waals surface area contributed by atoms with Crippen LogP contribution in [-0.4, -0.2) is 107 Å². The Morgan fingerprint density at radius 1 is 1.21 bits per heavy atom. The fraction of sp³-hybridized carbons (Fsp3) is 0.500. The molecule has 2 amide bonds. The van der Waals surface area contributed by atoms with Crippen LogP contribution in [0.2, 0.25) is 0 Å². The summed E-state index contributed by atoms with van der Waals surface area (Å²) in [6.07, 6.45) is -0.240. The summed E-state index contributed by atoms with van der Waals surface area (Å²) in [5.74, 6) is -4.93. The Bertz CT molecular complexity index is 1780. The average Bonchev–Trinajstić information content (AvgIpc) is 3.76. The zero-order valence-corrected chi connectivity index (χ0v) is 30.6. The maximum absolute atomic E-state index is 13.7. The van der Waals surface area contributed by atoms with E-state index >= 15 is 0 Å². The molecule has 2 aromatic rings. The van der Waals surface area contributed by atoms with Crippen LogP contribution < -0.4 is 5.32 Å². The number of hydrogen-bond donors (Lipinski definition) is 4. The number of ether oxygens (including phenoxy) is 1. The van der Waals surface area contributed by atoms with Crippen molar-refractivity contribution in [3.05, 3.63) is 74.7 Å². The predicted octanol–water partition coefficient (Wildman–Crippen LogP) is 3.79. The molecule has 1 unspecified atom stereocenters. The van der Waals surface area contributed by atoms with Crippen molar-refractivity contribution < 1.29 is 53.4 Å². The SMILES string of the molecule is C[C@@H](O)[C@H]1C(=O)N2C(C(=O)O)=C(S[C@@H]3CN(C(=O)OC(C)(C)C)[C@@](C=O)(NCC(C(=O)O)c4ccco4)C3)[C@](C)(SCc3ccc([N+](=O)[O-])cc3)[C@H]12. The Balaban J connectivity index is 1.51. The molecule has 0 bridgehead atoms. The van der Waals surface area contributed by atoms with E-state index in [9.17, 15) is 49.4 Å². The van der Waals surface area contributed by atoms with E-state index in [0.717, 1.165) is 11.8 Å². The van der Waals surface area contributed by atoms with Gasteiger partial charge in [0.05, 0.1) is 34.0 Å². The lowest BCUT2D eigenvalue weighted by molar-refractivity contribution is -0.384. The second-order valence-corrected chi connectivity index (χ2v) is 16.8. The third kappa shape index (κ3) is 7.29. The van der Waals surface area contributed by atoms with Crippen molar-refractivity contribution in [1.29, 1.82) is 0 Å². The minimum atomic E-state index is -1.78. The maximum atomic E-state index is 13.7. The topological polar surface area (TPSA) is 230 Å². The van der Waals surface area contributed by atoms with E-state index < -0.39 is 74.1 Å². The van der Waals surface area contributed by atoms with E-state index in [0.29, 0.717) is 11.8 Å². The fourth-order valence-corrected chi connectivity index (χ4v) is 10.0. The lowest BCUT2D eigenvalue weighted by atomic mass is 9.78. The number of nitro groups is 1. The molecule has 3 aliphatic heterocycles. The van der Waals surface area contributed by atoms with Crippen LogP contribution in [0.4, 0.5) is 10.5 Å². The third-order valence-corrected chi connectivity index (χ3v) is 12.5. The molecule has 52 heavy (non-hydrogen) atoms. The van der Waals surface area contributed by atoms with E-state index in [4.69, 9.17) is 9.15 Å². The second-order valence-electron chi connectivity index (χ2n) is 14.1. The number of aliphatic hydroxyl groups is 1. The van der Waals surface area contributed by atoms with Gasteiger partial charge in [-0.05, 0) is 52.3 Å². The summed E-state index contributed by atoms with van der Waals surface area (Å²) in [6.45, 7) is 7.74. The van der Waals surface area contributed by atoms with Gasteiger partial charge in [0.25, 0.3) is 5.69 Å². The fourth-order valence-electron chi connectivity index (χ4n) is 6.86. The molecule has 0 saturated carbocycles. The molecule has 16 nitrogen and oxygen atoms in total. The molecule has 0 spiro atoms. The summed E-state index contributed by atoms with van der Waals surface area (Å²) in [7, 11) is 0. The maximum Gasteiger partial charge on any atom is 0.412 e. The molecule has 0 aliphatic carbocycles. The third-order valence-electron chi connectivity index (χ3n) is 9.32. The molecule has 18 heteroatoms. The number of rotatable bonds is 14. The van der Waals surface area contributed by atoms with Gasteiger partial charge < -0.3 is 24.5 Å². The van der Waals surface area contributed by atoms with Gasteiger partial charge in [0, 0.05) is 47.6 Å². The number of amides is 2. The van der Waals surface area contributed by atoms with Gasteiger partial charge in [-0.1, -0.05) is 12.1 Å². The smallest absolute Gasteiger partial charge is 0.412 e. The number of β-lactam (4-membered cyclic amide) rings is 1. The number of aliphatic carboxylic acids is 2. The van der Waals surface area contributed by atoms with Gasteiger partial charge in [-0.3, -0.25) is 39.6 Å². The van der Waals surface area contributed by atoms with Crippen molar-refractivity contribution in [1.82, 2.24) is 15.1 Å². The lowest BCUT2D eigenvalue weighted by Gasteiger charge is -2.50. The number of aliphatic hydroxyl groups excluding tert-OH is 1. The Hall–Kier alpha value is -4.39. The Labute approximate surface area is 307 Å². The molecule has 3 aliphatic rings. The van der Waals surface area contributed by atoms with Crippen molar-refractivity contribution >= 4 is 59.4 Å². The van der Waals surface area contributed by atoms with Crippen LogP contribution >= 0.6 is 23.5 Å². The highest BCUT2D eigenvalue weighted by Crippen LogP contribution is 2.60. The van der Waals surface area contributed by atoms with E-state index in [2.05, 4.69) is 5.32 Å². The average molecular weight is 761 g/mol. The highest BCUT2D eigenvalue weighted by molar-refractivity contribution is 8.07.